The molecule has 0 spiro atoms. The Morgan fingerprint density at radius 3 is 2.44 bits per heavy atom. The third-order valence-corrected chi connectivity index (χ3v) is 3.59. The first-order chi connectivity index (χ1) is 14.9. The number of amides is 2. The lowest BCUT2D eigenvalue weighted by Gasteiger charge is -2.25. The zero-order valence-electron chi connectivity index (χ0n) is 16.1. The summed E-state index contributed by atoms with van der Waals surface area (Å²) in [6.45, 7) is -2.60. The first-order valence-electron chi connectivity index (χ1n) is 8.54. The van der Waals surface area contributed by atoms with Crippen molar-refractivity contribution in [3.05, 3.63) is 22.7 Å². The molecule has 2 atom stereocenters. The molecule has 1 heterocycles. The molecule has 1 aromatic heterocycles. The van der Waals surface area contributed by atoms with E-state index in [1.165, 1.54) is 0 Å². The molecule has 0 fully saturated rings. The van der Waals surface area contributed by atoms with Gasteiger partial charge in [-0.3, -0.25) is 19.8 Å². The lowest BCUT2D eigenvalue weighted by molar-refractivity contribution is -0.137. The molecular weight excluding hydrogens is 448 g/mol. The van der Waals surface area contributed by atoms with Crippen molar-refractivity contribution >= 4 is 29.7 Å². The number of aliphatic carboxylic acids is 1. The van der Waals surface area contributed by atoms with Crippen LogP contribution in [0.25, 0.3) is 0 Å². The largest absolute Gasteiger partial charge is 0.481 e. The number of aliphatic hydroxyl groups is 3. The molecule has 15 nitrogen and oxygen atoms in total. The first kappa shape index (κ1) is 26.5. The fourth-order valence-corrected chi connectivity index (χ4v) is 1.96. The molecule has 7 N–H and O–H groups in total. The quantitative estimate of drug-likeness (QED) is 0.195. The van der Waals surface area contributed by atoms with Crippen molar-refractivity contribution in [2.75, 3.05) is 24.8 Å². The van der Waals surface area contributed by atoms with Crippen molar-refractivity contribution in [2.24, 2.45) is 5.73 Å². The van der Waals surface area contributed by atoms with Crippen LogP contribution in [0.15, 0.2) is 17.1 Å². The average molecular weight is 467 g/mol. The molecule has 32 heavy (non-hydrogen) atoms. The summed E-state index contributed by atoms with van der Waals surface area (Å²) in [5.74, 6) is -10.1. The second kappa shape index (κ2) is 11.2. The Balaban J connectivity index is 3.23. The highest BCUT2D eigenvalue weighted by Gasteiger charge is 2.51. The van der Waals surface area contributed by atoms with Crippen molar-refractivity contribution in [3.63, 3.8) is 0 Å². The molecule has 0 aliphatic carbocycles. The summed E-state index contributed by atoms with van der Waals surface area (Å²) in [7, 11) is 0. The summed E-state index contributed by atoms with van der Waals surface area (Å²) < 4.78 is 32.5. The van der Waals surface area contributed by atoms with Crippen molar-refractivity contribution in [1.82, 2.24) is 15.0 Å². The summed E-state index contributed by atoms with van der Waals surface area (Å²) in [5.41, 5.74) is 5.28. The number of nitrogens with one attached hydrogen (secondary N) is 1. The smallest absolute Gasteiger partial charge is 0.434 e. The van der Waals surface area contributed by atoms with Gasteiger partial charge in [-0.25, -0.2) is 14.2 Å². The van der Waals surface area contributed by atoms with Crippen LogP contribution in [0.2, 0.25) is 0 Å². The third-order valence-electron chi connectivity index (χ3n) is 3.59. The van der Waals surface area contributed by atoms with Crippen LogP contribution in [-0.2, 0) is 14.3 Å². The summed E-state index contributed by atoms with van der Waals surface area (Å²) in [6.07, 6.45) is -7.07. The number of halogens is 2. The number of hydrazine groups is 1. The molecule has 0 bridgehead atoms. The van der Waals surface area contributed by atoms with Crippen LogP contribution >= 0.6 is 0 Å². The second-order valence-corrected chi connectivity index (χ2v) is 5.89. The van der Waals surface area contributed by atoms with Gasteiger partial charge in [0.15, 0.2) is 11.9 Å². The Morgan fingerprint density at radius 1 is 1.31 bits per heavy atom. The Hall–Kier alpha value is -3.54. The van der Waals surface area contributed by atoms with Gasteiger partial charge >= 0.3 is 29.6 Å². The highest BCUT2D eigenvalue weighted by Crippen LogP contribution is 2.23. The number of nitrogens with zero attached hydrogens (tertiary/aromatic N) is 3. The summed E-state index contributed by atoms with van der Waals surface area (Å²) in [5, 5.41) is 35.9. The topological polar surface area (TPSA) is 235 Å². The SMILES string of the molecule is NCC(=O)NN(C(=O)OCCC(=O)O)c1ccn(C(=O)C(F)(F)[C@H](O)[C@H](O)CO)c(=O)n1. The molecule has 0 aliphatic rings. The molecule has 0 saturated carbocycles. The molecule has 0 radical (unpaired) electrons. The minimum Gasteiger partial charge on any atom is -0.481 e. The Kier molecular flexibility index (Phi) is 9.26. The molecule has 0 unspecified atom stereocenters. The molecular formula is C15H19F2N5O10. The molecule has 17 heteroatoms. The number of carboxylic acids is 1. The van der Waals surface area contributed by atoms with E-state index in [4.69, 9.17) is 21.1 Å². The monoisotopic (exact) mass is 467 g/mol. The second-order valence-electron chi connectivity index (χ2n) is 5.89. The molecule has 0 aromatic carbocycles. The number of alkyl halides is 2. The Bertz CT molecular complexity index is 924. The lowest BCUT2D eigenvalue weighted by atomic mass is 10.1. The zero-order valence-corrected chi connectivity index (χ0v) is 16.1. The number of rotatable bonds is 9. The third kappa shape index (κ3) is 6.48. The van der Waals surface area contributed by atoms with E-state index in [1.807, 2.05) is 5.43 Å². The number of anilines is 1. The number of carbonyl (C=O) groups is 4. The van der Waals surface area contributed by atoms with Gasteiger partial charge < -0.3 is 30.9 Å². The number of hydrogen-bond donors (Lipinski definition) is 6. The Labute approximate surface area is 176 Å². The van der Waals surface area contributed by atoms with Gasteiger partial charge in [0.2, 0.25) is 0 Å². The number of carboxylic acid groups (broad SMARTS) is 1. The summed E-state index contributed by atoms with van der Waals surface area (Å²) in [4.78, 5) is 61.4. The van der Waals surface area contributed by atoms with Crippen LogP contribution in [-0.4, -0.2) is 91.7 Å². The van der Waals surface area contributed by atoms with Gasteiger partial charge in [0, 0.05) is 12.3 Å². The maximum absolute atomic E-state index is 14.1. The van der Waals surface area contributed by atoms with Crippen LogP contribution in [0.5, 0.6) is 0 Å². The first-order valence-corrected chi connectivity index (χ1v) is 8.54. The summed E-state index contributed by atoms with van der Waals surface area (Å²) in [6, 6.07) is 0.652. The average Bonchev–Trinajstić information content (AvgIpc) is 2.74. The number of ether oxygens (including phenoxy) is 1. The fourth-order valence-electron chi connectivity index (χ4n) is 1.96. The maximum Gasteiger partial charge on any atom is 0.434 e. The van der Waals surface area contributed by atoms with Crippen molar-refractivity contribution in [3.8, 4) is 0 Å². The van der Waals surface area contributed by atoms with Crippen LogP contribution < -0.4 is 21.9 Å². The van der Waals surface area contributed by atoms with E-state index in [9.17, 15) is 37.9 Å². The standard InChI is InChI=1S/C15H19F2N5O10/c16-15(17,11(28)7(24)6-23)12(29)21-3-1-8(19-13(21)30)22(20-9(25)5-18)14(31)32-4-2-10(26)27/h1,3,7,11,23-24,28H,2,4-6,18H2,(H,20,25)(H,26,27)/t7-,11-/m1/s1. The van der Waals surface area contributed by atoms with Crippen molar-refractivity contribution in [1.29, 1.82) is 0 Å². The molecule has 0 saturated heterocycles. The van der Waals surface area contributed by atoms with Gasteiger partial charge in [-0.05, 0) is 0 Å². The predicted octanol–water partition coefficient (Wildman–Crippen LogP) is -3.36. The molecule has 2 amide bonds. The number of nitrogens with two attached hydrogens (primary N) is 1. The number of carbonyl (C=O) groups excluding carboxylic acids is 3. The van der Waals surface area contributed by atoms with E-state index in [2.05, 4.69) is 9.72 Å². The molecule has 178 valence electrons. The highest BCUT2D eigenvalue weighted by atomic mass is 19.3. The number of hydrogen-bond acceptors (Lipinski definition) is 11. The van der Waals surface area contributed by atoms with Crippen LogP contribution in [0.1, 0.15) is 11.2 Å². The Morgan fingerprint density at radius 2 is 1.94 bits per heavy atom. The highest BCUT2D eigenvalue weighted by molar-refractivity contribution is 5.92. The van der Waals surface area contributed by atoms with Crippen LogP contribution in [0, 0.1) is 0 Å². The maximum atomic E-state index is 14.1. The van der Waals surface area contributed by atoms with Crippen LogP contribution in [0.3, 0.4) is 0 Å². The minimum atomic E-state index is -4.72. The van der Waals surface area contributed by atoms with Gasteiger partial charge in [-0.2, -0.15) is 18.8 Å². The van der Waals surface area contributed by atoms with E-state index in [0.29, 0.717) is 12.3 Å². The lowest BCUT2D eigenvalue weighted by Crippen LogP contribution is -2.53. The van der Waals surface area contributed by atoms with E-state index < -0.39 is 79.7 Å². The number of aliphatic hydroxyl groups excluding tert-OH is 3. The number of aromatic nitrogens is 2. The van der Waals surface area contributed by atoms with E-state index in [1.54, 1.807) is 0 Å². The van der Waals surface area contributed by atoms with E-state index in [0.717, 1.165) is 0 Å². The van der Waals surface area contributed by atoms with E-state index in [-0.39, 0.29) is 9.58 Å². The van der Waals surface area contributed by atoms with Gasteiger partial charge in [0.1, 0.15) is 12.7 Å². The van der Waals surface area contributed by atoms with Gasteiger partial charge in [-0.1, -0.05) is 0 Å². The summed E-state index contributed by atoms with van der Waals surface area (Å²) >= 11 is 0. The van der Waals surface area contributed by atoms with Crippen LogP contribution in [0.4, 0.5) is 19.4 Å². The molecule has 0 aliphatic heterocycles. The normalized spacial score (nSPS) is 13.1. The predicted molar refractivity (Wildman–Crippen MR) is 96.4 cm³/mol. The van der Waals surface area contributed by atoms with Gasteiger partial charge in [0.25, 0.3) is 5.91 Å². The molecule has 1 aromatic rings. The minimum absolute atomic E-state index is 0.218. The van der Waals surface area contributed by atoms with Crippen molar-refractivity contribution in [2.45, 2.75) is 24.6 Å². The van der Waals surface area contributed by atoms with Crippen molar-refractivity contribution < 1.29 is 53.1 Å². The molecule has 1 rings (SSSR count). The zero-order chi connectivity index (χ0) is 24.6. The van der Waals surface area contributed by atoms with E-state index >= 15 is 0 Å². The van der Waals surface area contributed by atoms with Gasteiger partial charge in [-0.15, -0.1) is 0 Å². The van der Waals surface area contributed by atoms with Gasteiger partial charge in [0.05, 0.1) is 19.6 Å². The fraction of sp³-hybridized carbons (Fsp3) is 0.467.